The lowest BCUT2D eigenvalue weighted by Crippen LogP contribution is -2.39. The number of hydrogen-bond donors (Lipinski definition) is 1. The summed E-state index contributed by atoms with van der Waals surface area (Å²) in [7, 11) is 0. The van der Waals surface area contributed by atoms with Gasteiger partial charge in [0.05, 0.1) is 12.8 Å². The number of carboxylic acids is 1. The van der Waals surface area contributed by atoms with Crippen molar-refractivity contribution >= 4 is 11.9 Å². The molecule has 1 aromatic rings. The van der Waals surface area contributed by atoms with E-state index in [2.05, 4.69) is 4.74 Å². The van der Waals surface area contributed by atoms with Gasteiger partial charge in [-0.25, -0.2) is 0 Å². The van der Waals surface area contributed by atoms with Crippen LogP contribution in [0.25, 0.3) is 0 Å². The Kier molecular flexibility index (Phi) is 6.41. The number of halogens is 3. The average molecular weight is 333 g/mol. The quantitative estimate of drug-likeness (QED) is 0.833. The number of aliphatic carboxylic acids is 1. The molecule has 8 heteroatoms. The largest absolute Gasteiger partial charge is 0.573 e. The van der Waals surface area contributed by atoms with Crippen LogP contribution in [-0.2, 0) is 16.0 Å². The summed E-state index contributed by atoms with van der Waals surface area (Å²) in [5.41, 5.74) is 0.519. The van der Waals surface area contributed by atoms with Crippen LogP contribution >= 0.6 is 0 Å². The van der Waals surface area contributed by atoms with Crippen LogP contribution < -0.4 is 4.74 Å². The number of hydrogen-bond acceptors (Lipinski definition) is 3. The van der Waals surface area contributed by atoms with Crippen molar-refractivity contribution in [2.45, 2.75) is 39.1 Å². The Bertz CT molecular complexity index is 541. The second-order valence-corrected chi connectivity index (χ2v) is 5.19. The van der Waals surface area contributed by atoms with E-state index in [4.69, 9.17) is 5.11 Å². The molecule has 0 spiro atoms. The molecule has 0 aliphatic carbocycles. The summed E-state index contributed by atoms with van der Waals surface area (Å²) in [6.07, 6.45) is -4.95. The molecular formula is C15H18F3NO4. The Morgan fingerprint density at radius 3 is 2.22 bits per heavy atom. The summed E-state index contributed by atoms with van der Waals surface area (Å²) in [6.45, 7) is 3.61. The van der Waals surface area contributed by atoms with E-state index in [9.17, 15) is 22.8 Å². The summed E-state index contributed by atoms with van der Waals surface area (Å²) in [5, 5.41) is 8.70. The zero-order valence-electron chi connectivity index (χ0n) is 12.8. The molecule has 128 valence electrons. The highest BCUT2D eigenvalue weighted by molar-refractivity contribution is 5.79. The van der Waals surface area contributed by atoms with Crippen molar-refractivity contribution in [2.75, 3.05) is 6.54 Å². The van der Waals surface area contributed by atoms with Gasteiger partial charge in [-0.3, -0.25) is 9.59 Å². The highest BCUT2D eigenvalue weighted by Gasteiger charge is 2.31. The lowest BCUT2D eigenvalue weighted by Gasteiger charge is -2.26. The zero-order valence-corrected chi connectivity index (χ0v) is 12.8. The Balaban J connectivity index is 2.69. The number of alkyl halides is 3. The van der Waals surface area contributed by atoms with E-state index in [1.54, 1.807) is 13.8 Å². The van der Waals surface area contributed by atoms with Crippen molar-refractivity contribution in [3.63, 3.8) is 0 Å². The second-order valence-electron chi connectivity index (χ2n) is 5.19. The Morgan fingerprint density at radius 2 is 1.78 bits per heavy atom. The molecule has 0 radical (unpaired) electrons. The lowest BCUT2D eigenvalue weighted by atomic mass is 10.1. The van der Waals surface area contributed by atoms with E-state index in [0.717, 1.165) is 12.1 Å². The maximum absolute atomic E-state index is 12.2. The molecule has 0 fully saturated rings. The third-order valence-corrected chi connectivity index (χ3v) is 3.02. The molecule has 0 atom stereocenters. The maximum atomic E-state index is 12.2. The first-order valence-electron chi connectivity index (χ1n) is 6.94. The van der Waals surface area contributed by atoms with Gasteiger partial charge in [0.15, 0.2) is 0 Å². The van der Waals surface area contributed by atoms with Crippen LogP contribution in [0.1, 0.15) is 25.8 Å². The minimum Gasteiger partial charge on any atom is -0.481 e. The van der Waals surface area contributed by atoms with Crippen LogP contribution in [0.4, 0.5) is 13.2 Å². The third-order valence-electron chi connectivity index (χ3n) is 3.02. The van der Waals surface area contributed by atoms with Crippen LogP contribution in [0.5, 0.6) is 5.75 Å². The van der Waals surface area contributed by atoms with E-state index in [-0.39, 0.29) is 37.1 Å². The van der Waals surface area contributed by atoms with Crippen LogP contribution in [0, 0.1) is 0 Å². The number of nitrogens with zero attached hydrogens (tertiary/aromatic N) is 1. The molecule has 1 aromatic carbocycles. The molecule has 0 aliphatic heterocycles. The van der Waals surface area contributed by atoms with Crippen molar-refractivity contribution in [1.82, 2.24) is 4.90 Å². The van der Waals surface area contributed by atoms with Gasteiger partial charge in [0.1, 0.15) is 5.75 Å². The van der Waals surface area contributed by atoms with Crippen molar-refractivity contribution < 1.29 is 32.6 Å². The Morgan fingerprint density at radius 1 is 1.22 bits per heavy atom. The molecule has 0 heterocycles. The van der Waals surface area contributed by atoms with Crippen molar-refractivity contribution in [3.05, 3.63) is 29.8 Å². The van der Waals surface area contributed by atoms with Crippen LogP contribution in [0.15, 0.2) is 24.3 Å². The zero-order chi connectivity index (χ0) is 17.6. The fourth-order valence-electron chi connectivity index (χ4n) is 1.97. The molecule has 1 amide bonds. The molecule has 0 unspecified atom stereocenters. The van der Waals surface area contributed by atoms with Crippen LogP contribution in [0.2, 0.25) is 0 Å². The standard InChI is InChI=1S/C15H18F3NO4/c1-10(2)19(8-7-14(21)22)13(20)9-11-3-5-12(6-4-11)23-15(16,17)18/h3-6,10H,7-9H2,1-2H3,(H,21,22). The molecule has 0 saturated carbocycles. The highest BCUT2D eigenvalue weighted by Crippen LogP contribution is 2.23. The number of benzene rings is 1. The average Bonchev–Trinajstić information content (AvgIpc) is 2.38. The summed E-state index contributed by atoms with van der Waals surface area (Å²) >= 11 is 0. The molecule has 23 heavy (non-hydrogen) atoms. The molecule has 1 rings (SSSR count). The van der Waals surface area contributed by atoms with Crippen molar-refractivity contribution in [2.24, 2.45) is 0 Å². The minimum atomic E-state index is -4.76. The smallest absolute Gasteiger partial charge is 0.481 e. The van der Waals surface area contributed by atoms with Gasteiger partial charge >= 0.3 is 12.3 Å². The number of carbonyl (C=O) groups excluding carboxylic acids is 1. The summed E-state index contributed by atoms with van der Waals surface area (Å²) in [6, 6.07) is 4.83. The monoisotopic (exact) mass is 333 g/mol. The fourth-order valence-corrected chi connectivity index (χ4v) is 1.97. The lowest BCUT2D eigenvalue weighted by molar-refractivity contribution is -0.274. The van der Waals surface area contributed by atoms with Gasteiger partial charge in [0.25, 0.3) is 0 Å². The summed E-state index contributed by atoms with van der Waals surface area (Å²) < 4.78 is 39.9. The number of carboxylic acid groups (broad SMARTS) is 1. The summed E-state index contributed by atoms with van der Waals surface area (Å²) in [5.74, 6) is -1.65. The third kappa shape index (κ3) is 7.03. The number of ether oxygens (including phenoxy) is 1. The molecular weight excluding hydrogens is 315 g/mol. The van der Waals surface area contributed by atoms with E-state index >= 15 is 0 Å². The van der Waals surface area contributed by atoms with Gasteiger partial charge < -0.3 is 14.7 Å². The number of amides is 1. The van der Waals surface area contributed by atoms with Gasteiger partial charge in [0.2, 0.25) is 5.91 Å². The first-order chi connectivity index (χ1) is 10.6. The normalized spacial score (nSPS) is 11.4. The molecule has 0 bridgehead atoms. The van der Waals surface area contributed by atoms with Gasteiger partial charge in [0, 0.05) is 12.6 Å². The molecule has 0 saturated heterocycles. The molecule has 1 N–H and O–H groups in total. The predicted octanol–water partition coefficient (Wildman–Crippen LogP) is 2.84. The fraction of sp³-hybridized carbons (Fsp3) is 0.467. The SMILES string of the molecule is CC(C)N(CCC(=O)O)C(=O)Cc1ccc(OC(F)(F)F)cc1. The van der Waals surface area contributed by atoms with Crippen LogP contribution in [0.3, 0.4) is 0 Å². The molecule has 0 aromatic heterocycles. The topological polar surface area (TPSA) is 66.8 Å². The second kappa shape index (κ2) is 7.85. The Hall–Kier alpha value is -2.25. The van der Waals surface area contributed by atoms with E-state index in [1.807, 2.05) is 0 Å². The van der Waals surface area contributed by atoms with E-state index in [0.29, 0.717) is 5.56 Å². The first-order valence-corrected chi connectivity index (χ1v) is 6.94. The molecule has 0 aliphatic rings. The van der Waals surface area contributed by atoms with Gasteiger partial charge in [-0.2, -0.15) is 0 Å². The Labute approximate surface area is 131 Å². The predicted molar refractivity (Wildman–Crippen MR) is 75.9 cm³/mol. The number of rotatable bonds is 7. The van der Waals surface area contributed by atoms with Crippen molar-refractivity contribution in [1.29, 1.82) is 0 Å². The number of carbonyl (C=O) groups is 2. The molecule has 5 nitrogen and oxygen atoms in total. The first kappa shape index (κ1) is 18.8. The maximum Gasteiger partial charge on any atom is 0.573 e. The summed E-state index contributed by atoms with van der Waals surface area (Å²) in [4.78, 5) is 24.2. The van der Waals surface area contributed by atoms with Crippen LogP contribution in [-0.4, -0.2) is 40.8 Å². The highest BCUT2D eigenvalue weighted by atomic mass is 19.4. The van der Waals surface area contributed by atoms with E-state index in [1.165, 1.54) is 17.0 Å². The van der Waals surface area contributed by atoms with Gasteiger partial charge in [-0.05, 0) is 31.5 Å². The van der Waals surface area contributed by atoms with Gasteiger partial charge in [-0.15, -0.1) is 13.2 Å². The minimum absolute atomic E-state index is 0.0237. The van der Waals surface area contributed by atoms with Crippen molar-refractivity contribution in [3.8, 4) is 5.75 Å². The van der Waals surface area contributed by atoms with E-state index < -0.39 is 12.3 Å². The van der Waals surface area contributed by atoms with Gasteiger partial charge in [-0.1, -0.05) is 12.1 Å².